The van der Waals surface area contributed by atoms with E-state index >= 15 is 0 Å². The second kappa shape index (κ2) is 8.00. The number of rotatable bonds is 6. The molecule has 1 aromatic carbocycles. The van der Waals surface area contributed by atoms with E-state index in [4.69, 9.17) is 11.6 Å². The summed E-state index contributed by atoms with van der Waals surface area (Å²) >= 11 is 7.68. The van der Waals surface area contributed by atoms with Crippen LogP contribution in [0.1, 0.15) is 21.7 Å². The average molecular weight is 322 g/mol. The SMILES string of the molecule is Cc1ncc(C(=O)NCCSCc2cccc(Cl)c2)cn1. The Labute approximate surface area is 133 Å². The van der Waals surface area contributed by atoms with Gasteiger partial charge in [-0.05, 0) is 24.6 Å². The largest absolute Gasteiger partial charge is 0.351 e. The Kier molecular flexibility index (Phi) is 6.02. The van der Waals surface area contributed by atoms with E-state index < -0.39 is 0 Å². The fourth-order valence-corrected chi connectivity index (χ4v) is 2.68. The van der Waals surface area contributed by atoms with Crippen LogP contribution in [0.2, 0.25) is 5.02 Å². The monoisotopic (exact) mass is 321 g/mol. The Bertz CT molecular complexity index is 604. The van der Waals surface area contributed by atoms with Crippen LogP contribution in [0.3, 0.4) is 0 Å². The summed E-state index contributed by atoms with van der Waals surface area (Å²) in [4.78, 5) is 19.8. The van der Waals surface area contributed by atoms with Crippen LogP contribution < -0.4 is 5.32 Å². The van der Waals surface area contributed by atoms with E-state index in [9.17, 15) is 4.79 Å². The molecule has 2 aromatic rings. The summed E-state index contributed by atoms with van der Waals surface area (Å²) in [6, 6.07) is 7.80. The van der Waals surface area contributed by atoms with E-state index in [1.165, 1.54) is 18.0 Å². The minimum atomic E-state index is -0.140. The van der Waals surface area contributed by atoms with Crippen LogP contribution in [0.4, 0.5) is 0 Å². The number of hydrogen-bond donors (Lipinski definition) is 1. The van der Waals surface area contributed by atoms with Gasteiger partial charge in [0.1, 0.15) is 5.82 Å². The first-order valence-corrected chi connectivity index (χ1v) is 8.07. The Hall–Kier alpha value is -1.59. The third-order valence-electron chi connectivity index (χ3n) is 2.73. The maximum absolute atomic E-state index is 11.8. The van der Waals surface area contributed by atoms with E-state index in [1.807, 2.05) is 24.3 Å². The Morgan fingerprint density at radius 3 is 2.81 bits per heavy atom. The van der Waals surface area contributed by atoms with E-state index in [0.29, 0.717) is 17.9 Å². The zero-order valence-corrected chi connectivity index (χ0v) is 13.2. The van der Waals surface area contributed by atoms with Gasteiger partial charge in [-0.25, -0.2) is 9.97 Å². The second-order valence-electron chi connectivity index (χ2n) is 4.46. The molecule has 0 atom stereocenters. The van der Waals surface area contributed by atoms with Crippen molar-refractivity contribution in [3.8, 4) is 0 Å². The maximum atomic E-state index is 11.8. The zero-order chi connectivity index (χ0) is 15.1. The van der Waals surface area contributed by atoms with Gasteiger partial charge in [0, 0.05) is 35.5 Å². The van der Waals surface area contributed by atoms with Gasteiger partial charge < -0.3 is 5.32 Å². The first kappa shape index (κ1) is 15.8. The van der Waals surface area contributed by atoms with Crippen LogP contribution in [0.5, 0.6) is 0 Å². The van der Waals surface area contributed by atoms with Crippen molar-refractivity contribution >= 4 is 29.3 Å². The van der Waals surface area contributed by atoms with E-state index in [1.54, 1.807) is 18.7 Å². The lowest BCUT2D eigenvalue weighted by Crippen LogP contribution is -2.26. The van der Waals surface area contributed by atoms with Crippen LogP contribution in [-0.4, -0.2) is 28.2 Å². The standard InChI is InChI=1S/C15H16ClN3OS/c1-11-18-8-13(9-19-11)15(20)17-5-6-21-10-12-3-2-4-14(16)7-12/h2-4,7-9H,5-6,10H2,1H3,(H,17,20). The molecule has 0 radical (unpaired) electrons. The van der Waals surface area contributed by atoms with Crippen LogP contribution in [0, 0.1) is 6.92 Å². The van der Waals surface area contributed by atoms with Crippen molar-refractivity contribution in [1.29, 1.82) is 0 Å². The molecule has 1 amide bonds. The van der Waals surface area contributed by atoms with Gasteiger partial charge in [0.15, 0.2) is 0 Å². The summed E-state index contributed by atoms with van der Waals surface area (Å²) in [6.45, 7) is 2.39. The molecule has 0 fully saturated rings. The Morgan fingerprint density at radius 1 is 1.33 bits per heavy atom. The van der Waals surface area contributed by atoms with Crippen LogP contribution >= 0.6 is 23.4 Å². The van der Waals surface area contributed by atoms with Gasteiger partial charge in [-0.15, -0.1) is 0 Å². The molecular formula is C15H16ClN3OS. The smallest absolute Gasteiger partial charge is 0.254 e. The normalized spacial score (nSPS) is 10.4. The molecule has 0 bridgehead atoms. The number of carbonyl (C=O) groups is 1. The van der Waals surface area contributed by atoms with Gasteiger partial charge in [0.05, 0.1) is 5.56 Å². The molecular weight excluding hydrogens is 306 g/mol. The van der Waals surface area contributed by atoms with Crippen molar-refractivity contribution in [2.45, 2.75) is 12.7 Å². The molecule has 21 heavy (non-hydrogen) atoms. The highest BCUT2D eigenvalue weighted by Crippen LogP contribution is 2.16. The number of nitrogens with zero attached hydrogens (tertiary/aromatic N) is 2. The molecule has 0 aliphatic heterocycles. The quantitative estimate of drug-likeness (QED) is 0.831. The molecule has 0 aliphatic carbocycles. The number of hydrogen-bond acceptors (Lipinski definition) is 4. The van der Waals surface area contributed by atoms with Gasteiger partial charge in [-0.2, -0.15) is 11.8 Å². The lowest BCUT2D eigenvalue weighted by Gasteiger charge is -2.05. The molecule has 0 saturated carbocycles. The van der Waals surface area contributed by atoms with Gasteiger partial charge in [-0.1, -0.05) is 23.7 Å². The highest BCUT2D eigenvalue weighted by molar-refractivity contribution is 7.98. The number of nitrogens with one attached hydrogen (secondary N) is 1. The molecule has 1 N–H and O–H groups in total. The van der Waals surface area contributed by atoms with Gasteiger partial charge in [0.2, 0.25) is 0 Å². The van der Waals surface area contributed by atoms with E-state index in [0.717, 1.165) is 16.5 Å². The lowest BCUT2D eigenvalue weighted by molar-refractivity contribution is 0.0955. The average Bonchev–Trinajstić information content (AvgIpc) is 2.47. The number of thioether (sulfide) groups is 1. The fourth-order valence-electron chi connectivity index (χ4n) is 1.67. The molecule has 1 heterocycles. The molecule has 0 spiro atoms. The first-order valence-electron chi connectivity index (χ1n) is 6.54. The number of aryl methyl sites for hydroxylation is 1. The maximum Gasteiger partial charge on any atom is 0.254 e. The number of aromatic nitrogens is 2. The molecule has 4 nitrogen and oxygen atoms in total. The molecule has 0 unspecified atom stereocenters. The molecule has 110 valence electrons. The molecule has 0 aliphatic rings. The minimum absolute atomic E-state index is 0.140. The molecule has 1 aromatic heterocycles. The Balaban J connectivity index is 1.68. The summed E-state index contributed by atoms with van der Waals surface area (Å²) in [6.07, 6.45) is 3.08. The first-order chi connectivity index (χ1) is 10.1. The van der Waals surface area contributed by atoms with Crippen molar-refractivity contribution in [2.24, 2.45) is 0 Å². The van der Waals surface area contributed by atoms with Crippen LogP contribution in [0.15, 0.2) is 36.7 Å². The molecule has 0 saturated heterocycles. The van der Waals surface area contributed by atoms with Crippen molar-refractivity contribution < 1.29 is 4.79 Å². The topological polar surface area (TPSA) is 54.9 Å². The molecule has 6 heteroatoms. The third kappa shape index (κ3) is 5.36. The van der Waals surface area contributed by atoms with Crippen molar-refractivity contribution in [1.82, 2.24) is 15.3 Å². The summed E-state index contributed by atoms with van der Waals surface area (Å²) < 4.78 is 0. The number of benzene rings is 1. The summed E-state index contributed by atoms with van der Waals surface area (Å²) in [5.74, 6) is 2.23. The van der Waals surface area contributed by atoms with Gasteiger partial charge in [-0.3, -0.25) is 4.79 Å². The fraction of sp³-hybridized carbons (Fsp3) is 0.267. The van der Waals surface area contributed by atoms with Gasteiger partial charge in [0.25, 0.3) is 5.91 Å². The Morgan fingerprint density at radius 2 is 2.10 bits per heavy atom. The second-order valence-corrected chi connectivity index (χ2v) is 6.00. The highest BCUT2D eigenvalue weighted by Gasteiger charge is 2.05. The van der Waals surface area contributed by atoms with Crippen LogP contribution in [-0.2, 0) is 5.75 Å². The minimum Gasteiger partial charge on any atom is -0.351 e. The predicted molar refractivity (Wildman–Crippen MR) is 86.7 cm³/mol. The summed E-state index contributed by atoms with van der Waals surface area (Å²) in [7, 11) is 0. The number of amides is 1. The lowest BCUT2D eigenvalue weighted by atomic mass is 10.2. The van der Waals surface area contributed by atoms with E-state index in [2.05, 4.69) is 15.3 Å². The zero-order valence-electron chi connectivity index (χ0n) is 11.7. The summed E-state index contributed by atoms with van der Waals surface area (Å²) in [5.41, 5.74) is 1.67. The van der Waals surface area contributed by atoms with Crippen molar-refractivity contribution in [3.63, 3.8) is 0 Å². The summed E-state index contributed by atoms with van der Waals surface area (Å²) in [5, 5.41) is 3.60. The van der Waals surface area contributed by atoms with Crippen molar-refractivity contribution in [2.75, 3.05) is 12.3 Å². The van der Waals surface area contributed by atoms with Crippen molar-refractivity contribution in [3.05, 3.63) is 58.6 Å². The number of halogens is 1. The molecule has 2 rings (SSSR count). The van der Waals surface area contributed by atoms with E-state index in [-0.39, 0.29) is 5.91 Å². The number of carbonyl (C=O) groups excluding carboxylic acids is 1. The predicted octanol–water partition coefficient (Wildman–Crippen LogP) is 3.10. The highest BCUT2D eigenvalue weighted by atomic mass is 35.5. The van der Waals surface area contributed by atoms with Crippen LogP contribution in [0.25, 0.3) is 0 Å². The third-order valence-corrected chi connectivity index (χ3v) is 4.00. The van der Waals surface area contributed by atoms with Gasteiger partial charge >= 0.3 is 0 Å².